The number of allylic oxidation sites excluding steroid dienone is 1. The molecule has 0 unspecified atom stereocenters. The molecule has 0 aromatic rings. The fourth-order valence-electron chi connectivity index (χ4n) is 2.56. The first-order valence-electron chi connectivity index (χ1n) is 5.77. The number of hydrogen-bond acceptors (Lipinski definition) is 2. The van der Waals surface area contributed by atoms with Crippen LogP contribution in [0, 0.1) is 12.5 Å². The molecule has 0 radical (unpaired) electrons. The van der Waals surface area contributed by atoms with Gasteiger partial charge in [-0.25, -0.2) is 12.5 Å². The SMILES string of the molecule is C=[N+]1CCC2=C(N3CC(OC)C3)[CH-]C=C[C-]21. The Kier molecular flexibility index (Phi) is 2.21. The summed E-state index contributed by atoms with van der Waals surface area (Å²) < 4.78 is 7.40. The predicted octanol–water partition coefficient (Wildman–Crippen LogP) is 0.994. The molecule has 2 aliphatic heterocycles. The minimum absolute atomic E-state index is 0.410. The van der Waals surface area contributed by atoms with E-state index in [1.807, 2.05) is 0 Å². The quantitative estimate of drug-likeness (QED) is 0.506. The second-order valence-electron chi connectivity index (χ2n) is 4.55. The molecule has 3 nitrogen and oxygen atoms in total. The molecule has 2 fully saturated rings. The van der Waals surface area contributed by atoms with Crippen molar-refractivity contribution < 1.29 is 9.31 Å². The maximum Gasteiger partial charge on any atom is 0.121 e. The summed E-state index contributed by atoms with van der Waals surface area (Å²) in [6.45, 7) is 7.12. The molecular formula is C13H17N2O-. The number of rotatable bonds is 2. The molecule has 3 rings (SSSR count). The second-order valence-corrected chi connectivity index (χ2v) is 4.55. The van der Waals surface area contributed by atoms with E-state index in [-0.39, 0.29) is 0 Å². The summed E-state index contributed by atoms with van der Waals surface area (Å²) in [6, 6.07) is 1.29. The van der Waals surface area contributed by atoms with Crippen LogP contribution >= 0.6 is 0 Å². The van der Waals surface area contributed by atoms with Gasteiger partial charge in [0.2, 0.25) is 0 Å². The molecule has 2 heterocycles. The Morgan fingerprint density at radius 3 is 3.19 bits per heavy atom. The van der Waals surface area contributed by atoms with Crippen LogP contribution in [0.1, 0.15) is 6.42 Å². The monoisotopic (exact) mass is 217 g/mol. The highest BCUT2D eigenvalue weighted by Gasteiger charge is 2.28. The third-order valence-electron chi connectivity index (χ3n) is 3.62. The second kappa shape index (κ2) is 3.59. The summed E-state index contributed by atoms with van der Waals surface area (Å²) >= 11 is 0. The molecule has 0 atom stereocenters. The van der Waals surface area contributed by atoms with Gasteiger partial charge in [-0.05, 0) is 6.42 Å². The number of ether oxygens (including phenoxy) is 1. The van der Waals surface area contributed by atoms with Crippen LogP contribution in [0.25, 0.3) is 0 Å². The number of methoxy groups -OCH3 is 1. The van der Waals surface area contributed by atoms with E-state index in [0.29, 0.717) is 6.10 Å². The largest absolute Gasteiger partial charge is 0.427 e. The topological polar surface area (TPSA) is 15.5 Å². The molecule has 2 saturated heterocycles. The lowest BCUT2D eigenvalue weighted by Gasteiger charge is -2.49. The molecule has 0 N–H and O–H groups in total. The summed E-state index contributed by atoms with van der Waals surface area (Å²) in [5, 5.41) is 0. The van der Waals surface area contributed by atoms with Crippen LogP contribution in [0.2, 0.25) is 0 Å². The maximum absolute atomic E-state index is 5.31. The number of likely N-dealkylation sites (tertiary alicyclic amines) is 1. The standard InChI is InChI=1S/C13H17N2O/c1-14-7-6-11-12(14)4-3-5-13(11)15-8-10(9-15)16-2/h3-5,10H,1,6-9H2,2H3/q-1. The molecule has 16 heavy (non-hydrogen) atoms. The lowest BCUT2D eigenvalue weighted by Crippen LogP contribution is -2.51. The lowest BCUT2D eigenvalue weighted by molar-refractivity contribution is -0.475. The van der Waals surface area contributed by atoms with Gasteiger partial charge in [-0.3, -0.25) is 0 Å². The third kappa shape index (κ3) is 1.35. The van der Waals surface area contributed by atoms with E-state index in [0.717, 1.165) is 26.1 Å². The van der Waals surface area contributed by atoms with Crippen molar-refractivity contribution in [3.63, 3.8) is 0 Å². The molecule has 0 amide bonds. The zero-order valence-corrected chi connectivity index (χ0v) is 9.65. The van der Waals surface area contributed by atoms with Gasteiger partial charge in [0.1, 0.15) is 6.54 Å². The van der Waals surface area contributed by atoms with Crippen molar-refractivity contribution in [3.8, 4) is 0 Å². The van der Waals surface area contributed by atoms with Crippen LogP contribution in [-0.2, 0) is 4.74 Å². The van der Waals surface area contributed by atoms with Crippen molar-refractivity contribution in [1.29, 1.82) is 0 Å². The highest BCUT2D eigenvalue weighted by atomic mass is 16.5. The molecule has 0 bridgehead atoms. The minimum Gasteiger partial charge on any atom is -0.427 e. The van der Waals surface area contributed by atoms with Gasteiger partial charge in [0, 0.05) is 26.2 Å². The molecule has 3 aliphatic rings. The molecular weight excluding hydrogens is 200 g/mol. The first-order chi connectivity index (χ1) is 7.79. The lowest BCUT2D eigenvalue weighted by atomic mass is 9.95. The van der Waals surface area contributed by atoms with E-state index < -0.39 is 0 Å². The summed E-state index contributed by atoms with van der Waals surface area (Å²) in [5.74, 6) is 0. The Labute approximate surface area is 96.7 Å². The Morgan fingerprint density at radius 2 is 2.44 bits per heavy atom. The molecule has 0 spiro atoms. The van der Waals surface area contributed by atoms with Crippen molar-refractivity contribution in [2.24, 2.45) is 0 Å². The van der Waals surface area contributed by atoms with Crippen LogP contribution < -0.4 is 0 Å². The van der Waals surface area contributed by atoms with E-state index in [9.17, 15) is 0 Å². The zero-order chi connectivity index (χ0) is 11.1. The molecule has 3 heteroatoms. The van der Waals surface area contributed by atoms with E-state index in [4.69, 9.17) is 4.74 Å². The average molecular weight is 217 g/mol. The molecule has 0 aromatic heterocycles. The highest BCUT2D eigenvalue weighted by Crippen LogP contribution is 2.37. The Bertz CT molecular complexity index is 377. The van der Waals surface area contributed by atoms with Gasteiger partial charge in [-0.1, -0.05) is 0 Å². The van der Waals surface area contributed by atoms with Gasteiger partial charge in [0.25, 0.3) is 0 Å². The summed E-state index contributed by atoms with van der Waals surface area (Å²) in [5.41, 5.74) is 2.82. The van der Waals surface area contributed by atoms with E-state index in [1.165, 1.54) is 17.3 Å². The molecule has 86 valence electrons. The van der Waals surface area contributed by atoms with Gasteiger partial charge in [0.15, 0.2) is 0 Å². The van der Waals surface area contributed by atoms with Gasteiger partial charge in [0.05, 0.1) is 12.8 Å². The van der Waals surface area contributed by atoms with Crippen LogP contribution in [0.4, 0.5) is 0 Å². The first kappa shape index (κ1) is 9.85. The van der Waals surface area contributed by atoms with Crippen LogP contribution in [0.15, 0.2) is 23.4 Å². The summed E-state index contributed by atoms with van der Waals surface area (Å²) in [6.07, 6.45) is 8.02. The highest BCUT2D eigenvalue weighted by molar-refractivity contribution is 5.46. The van der Waals surface area contributed by atoms with Crippen molar-refractivity contribution in [2.45, 2.75) is 12.5 Å². The smallest absolute Gasteiger partial charge is 0.121 e. The number of fused-ring (bicyclic) bond motifs is 1. The molecule has 1 aliphatic carbocycles. The zero-order valence-electron chi connectivity index (χ0n) is 9.65. The van der Waals surface area contributed by atoms with Crippen LogP contribution in [0.5, 0.6) is 0 Å². The predicted molar refractivity (Wildman–Crippen MR) is 62.9 cm³/mol. The van der Waals surface area contributed by atoms with Crippen LogP contribution in [0.3, 0.4) is 0 Å². The van der Waals surface area contributed by atoms with Crippen molar-refractivity contribution >= 4 is 6.72 Å². The van der Waals surface area contributed by atoms with Crippen LogP contribution in [-0.4, -0.2) is 49.0 Å². The Balaban J connectivity index is 1.80. The first-order valence-corrected chi connectivity index (χ1v) is 5.77. The normalized spacial score (nSPS) is 24.7. The average Bonchev–Trinajstić information content (AvgIpc) is 2.60. The fourth-order valence-corrected chi connectivity index (χ4v) is 2.56. The van der Waals surface area contributed by atoms with Crippen molar-refractivity contribution in [1.82, 2.24) is 4.90 Å². The Morgan fingerprint density at radius 1 is 1.62 bits per heavy atom. The van der Waals surface area contributed by atoms with E-state index in [1.54, 1.807) is 7.11 Å². The minimum atomic E-state index is 0.410. The number of nitrogens with zero attached hydrogens (tertiary/aromatic N) is 2. The third-order valence-corrected chi connectivity index (χ3v) is 3.62. The summed E-state index contributed by atoms with van der Waals surface area (Å²) in [4.78, 5) is 2.40. The van der Waals surface area contributed by atoms with E-state index >= 15 is 0 Å². The number of hydrogen-bond donors (Lipinski definition) is 0. The Hall–Kier alpha value is -1.35. The van der Waals surface area contributed by atoms with E-state index in [2.05, 4.69) is 34.8 Å². The molecule has 0 saturated carbocycles. The maximum atomic E-state index is 5.31. The molecule has 0 aromatic carbocycles. The summed E-state index contributed by atoms with van der Waals surface area (Å²) in [7, 11) is 1.79. The van der Waals surface area contributed by atoms with Gasteiger partial charge in [-0.2, -0.15) is 6.08 Å². The van der Waals surface area contributed by atoms with Crippen molar-refractivity contribution in [2.75, 3.05) is 26.7 Å². The fraction of sp³-hybridized carbons (Fsp3) is 0.462. The van der Waals surface area contributed by atoms with Crippen molar-refractivity contribution in [3.05, 3.63) is 35.9 Å². The van der Waals surface area contributed by atoms with Gasteiger partial charge in [-0.15, -0.1) is 11.3 Å². The van der Waals surface area contributed by atoms with Gasteiger partial charge >= 0.3 is 0 Å². The van der Waals surface area contributed by atoms with Gasteiger partial charge < -0.3 is 14.2 Å².